The van der Waals surface area contributed by atoms with Crippen LogP contribution in [-0.2, 0) is 6.42 Å². The SMILES string of the molecule is CCc1nc(N(CC)CC2CCC2)cc(=O)[nH]1. The number of aromatic nitrogens is 2. The van der Waals surface area contributed by atoms with E-state index in [4.69, 9.17) is 0 Å². The van der Waals surface area contributed by atoms with Crippen molar-refractivity contribution >= 4 is 5.82 Å². The molecule has 0 amide bonds. The van der Waals surface area contributed by atoms with Gasteiger partial charge in [-0.25, -0.2) is 4.98 Å². The van der Waals surface area contributed by atoms with Crippen LogP contribution in [0.5, 0.6) is 0 Å². The van der Waals surface area contributed by atoms with Gasteiger partial charge in [-0.1, -0.05) is 13.3 Å². The smallest absolute Gasteiger partial charge is 0.252 e. The van der Waals surface area contributed by atoms with E-state index >= 15 is 0 Å². The lowest BCUT2D eigenvalue weighted by Crippen LogP contribution is -2.34. The summed E-state index contributed by atoms with van der Waals surface area (Å²) in [7, 11) is 0. The quantitative estimate of drug-likeness (QED) is 0.848. The van der Waals surface area contributed by atoms with E-state index in [2.05, 4.69) is 21.8 Å². The highest BCUT2D eigenvalue weighted by molar-refractivity contribution is 5.37. The van der Waals surface area contributed by atoms with Crippen LogP contribution < -0.4 is 10.5 Å². The maximum atomic E-state index is 11.5. The largest absolute Gasteiger partial charge is 0.356 e. The Balaban J connectivity index is 2.16. The third-order valence-corrected chi connectivity index (χ3v) is 3.52. The fourth-order valence-electron chi connectivity index (χ4n) is 2.20. The fourth-order valence-corrected chi connectivity index (χ4v) is 2.20. The number of hydrogen-bond acceptors (Lipinski definition) is 3. The van der Waals surface area contributed by atoms with Crippen molar-refractivity contribution < 1.29 is 0 Å². The molecule has 4 nitrogen and oxygen atoms in total. The lowest BCUT2D eigenvalue weighted by Gasteiger charge is -2.32. The minimum absolute atomic E-state index is 0.0427. The van der Waals surface area contributed by atoms with Gasteiger partial charge in [-0.2, -0.15) is 0 Å². The Hall–Kier alpha value is -1.32. The molecule has 1 aliphatic carbocycles. The van der Waals surface area contributed by atoms with E-state index in [-0.39, 0.29) is 5.56 Å². The molecule has 0 unspecified atom stereocenters. The van der Waals surface area contributed by atoms with Crippen molar-refractivity contribution in [1.82, 2.24) is 9.97 Å². The van der Waals surface area contributed by atoms with Crippen LogP contribution in [0.4, 0.5) is 5.82 Å². The third-order valence-electron chi connectivity index (χ3n) is 3.52. The molecular formula is C13H21N3O. The van der Waals surface area contributed by atoms with Gasteiger partial charge in [0.25, 0.3) is 5.56 Å². The van der Waals surface area contributed by atoms with Gasteiger partial charge in [0.05, 0.1) is 0 Å². The Morgan fingerprint density at radius 2 is 2.24 bits per heavy atom. The second-order valence-corrected chi connectivity index (χ2v) is 4.74. The number of rotatable bonds is 5. The molecule has 0 atom stereocenters. The van der Waals surface area contributed by atoms with E-state index in [0.717, 1.165) is 37.1 Å². The molecule has 0 spiro atoms. The van der Waals surface area contributed by atoms with Crippen molar-refractivity contribution in [2.45, 2.75) is 39.5 Å². The third kappa shape index (κ3) is 2.87. The second-order valence-electron chi connectivity index (χ2n) is 4.74. The molecule has 1 fully saturated rings. The molecular weight excluding hydrogens is 214 g/mol. The Kier molecular flexibility index (Phi) is 3.82. The minimum atomic E-state index is -0.0427. The molecule has 2 rings (SSSR count). The molecule has 0 radical (unpaired) electrons. The lowest BCUT2D eigenvalue weighted by atomic mass is 9.85. The van der Waals surface area contributed by atoms with Crippen LogP contribution in [0.15, 0.2) is 10.9 Å². The minimum Gasteiger partial charge on any atom is -0.356 e. The fraction of sp³-hybridized carbons (Fsp3) is 0.692. The number of nitrogens with one attached hydrogen (secondary N) is 1. The van der Waals surface area contributed by atoms with E-state index in [0.29, 0.717) is 0 Å². The highest BCUT2D eigenvalue weighted by Crippen LogP contribution is 2.28. The summed E-state index contributed by atoms with van der Waals surface area (Å²) in [5.41, 5.74) is -0.0427. The van der Waals surface area contributed by atoms with Crippen molar-refractivity contribution in [3.63, 3.8) is 0 Å². The van der Waals surface area contributed by atoms with E-state index in [1.807, 2.05) is 6.92 Å². The van der Waals surface area contributed by atoms with Crippen LogP contribution in [0.25, 0.3) is 0 Å². The first-order valence-corrected chi connectivity index (χ1v) is 6.58. The standard InChI is InChI=1S/C13H21N3O/c1-3-11-14-12(8-13(17)15-11)16(4-2)9-10-6-5-7-10/h8,10H,3-7,9H2,1-2H3,(H,14,15,17). The van der Waals surface area contributed by atoms with Gasteiger partial charge in [-0.3, -0.25) is 4.79 Å². The number of hydrogen-bond donors (Lipinski definition) is 1. The Labute approximate surface area is 102 Å². The molecule has 94 valence electrons. The van der Waals surface area contributed by atoms with Gasteiger partial charge in [0.1, 0.15) is 11.6 Å². The summed E-state index contributed by atoms with van der Waals surface area (Å²) in [4.78, 5) is 21.0. The van der Waals surface area contributed by atoms with Gasteiger partial charge in [0, 0.05) is 25.6 Å². The molecule has 1 heterocycles. The zero-order valence-electron chi connectivity index (χ0n) is 10.7. The summed E-state index contributed by atoms with van der Waals surface area (Å²) in [5.74, 6) is 2.40. The zero-order valence-corrected chi connectivity index (χ0v) is 10.7. The number of nitrogens with zero attached hydrogens (tertiary/aromatic N) is 2. The average Bonchev–Trinajstić information content (AvgIpc) is 2.27. The van der Waals surface area contributed by atoms with Gasteiger partial charge < -0.3 is 9.88 Å². The van der Waals surface area contributed by atoms with Crippen molar-refractivity contribution in [1.29, 1.82) is 0 Å². The first-order chi connectivity index (χ1) is 8.22. The van der Waals surface area contributed by atoms with E-state index in [1.165, 1.54) is 19.3 Å². The van der Waals surface area contributed by atoms with Crippen LogP contribution in [0, 0.1) is 5.92 Å². The van der Waals surface area contributed by atoms with Crippen LogP contribution in [0.2, 0.25) is 0 Å². The maximum Gasteiger partial charge on any atom is 0.252 e. The van der Waals surface area contributed by atoms with E-state index in [1.54, 1.807) is 6.07 Å². The zero-order chi connectivity index (χ0) is 12.3. The molecule has 0 bridgehead atoms. The van der Waals surface area contributed by atoms with E-state index in [9.17, 15) is 4.79 Å². The molecule has 1 N–H and O–H groups in total. The molecule has 0 saturated heterocycles. The predicted molar refractivity (Wildman–Crippen MR) is 69.5 cm³/mol. The number of aryl methyl sites for hydroxylation is 1. The second kappa shape index (κ2) is 5.34. The Morgan fingerprint density at radius 1 is 1.47 bits per heavy atom. The van der Waals surface area contributed by atoms with Crippen molar-refractivity contribution in [3.8, 4) is 0 Å². The molecule has 0 aromatic carbocycles. The van der Waals surface area contributed by atoms with Crippen LogP contribution in [0.1, 0.15) is 38.9 Å². The van der Waals surface area contributed by atoms with Gasteiger partial charge in [-0.05, 0) is 25.7 Å². The number of H-pyrrole nitrogens is 1. The van der Waals surface area contributed by atoms with Gasteiger partial charge in [0.15, 0.2) is 0 Å². The Morgan fingerprint density at radius 3 is 2.76 bits per heavy atom. The highest BCUT2D eigenvalue weighted by atomic mass is 16.1. The van der Waals surface area contributed by atoms with Gasteiger partial charge in [-0.15, -0.1) is 0 Å². The van der Waals surface area contributed by atoms with Crippen molar-refractivity contribution in [2.75, 3.05) is 18.0 Å². The van der Waals surface area contributed by atoms with Crippen molar-refractivity contribution in [3.05, 3.63) is 22.2 Å². The topological polar surface area (TPSA) is 49.0 Å². The predicted octanol–water partition coefficient (Wildman–Crippen LogP) is 1.96. The Bertz CT molecular complexity index is 423. The molecule has 0 aliphatic heterocycles. The van der Waals surface area contributed by atoms with Crippen LogP contribution >= 0.6 is 0 Å². The summed E-state index contributed by atoms with van der Waals surface area (Å²) in [6.07, 6.45) is 4.76. The molecule has 4 heteroatoms. The summed E-state index contributed by atoms with van der Waals surface area (Å²) in [6.45, 7) is 6.07. The molecule has 1 aliphatic rings. The van der Waals surface area contributed by atoms with Crippen LogP contribution in [-0.4, -0.2) is 23.1 Å². The number of anilines is 1. The summed E-state index contributed by atoms with van der Waals surface area (Å²) >= 11 is 0. The molecule has 1 aromatic heterocycles. The first-order valence-electron chi connectivity index (χ1n) is 6.58. The summed E-state index contributed by atoms with van der Waals surface area (Å²) in [6, 6.07) is 1.61. The molecule has 1 aromatic rings. The lowest BCUT2D eigenvalue weighted by molar-refractivity contribution is 0.318. The molecule has 17 heavy (non-hydrogen) atoms. The molecule has 1 saturated carbocycles. The normalized spacial score (nSPS) is 15.6. The van der Waals surface area contributed by atoms with Crippen molar-refractivity contribution in [2.24, 2.45) is 5.92 Å². The van der Waals surface area contributed by atoms with Gasteiger partial charge in [0.2, 0.25) is 0 Å². The highest BCUT2D eigenvalue weighted by Gasteiger charge is 2.21. The summed E-state index contributed by atoms with van der Waals surface area (Å²) in [5, 5.41) is 0. The van der Waals surface area contributed by atoms with Gasteiger partial charge >= 0.3 is 0 Å². The number of aromatic amines is 1. The summed E-state index contributed by atoms with van der Waals surface area (Å²) < 4.78 is 0. The van der Waals surface area contributed by atoms with Crippen LogP contribution in [0.3, 0.4) is 0 Å². The first kappa shape index (κ1) is 12.1. The monoisotopic (exact) mass is 235 g/mol. The van der Waals surface area contributed by atoms with E-state index < -0.39 is 0 Å². The average molecular weight is 235 g/mol. The maximum absolute atomic E-state index is 11.5.